The maximum absolute atomic E-state index is 13.9. The van der Waals surface area contributed by atoms with E-state index in [4.69, 9.17) is 4.74 Å². The molecule has 0 spiro atoms. The van der Waals surface area contributed by atoms with Gasteiger partial charge in [0.25, 0.3) is 0 Å². The Labute approximate surface area is 260 Å². The predicted molar refractivity (Wildman–Crippen MR) is 155 cm³/mol. The zero-order valence-corrected chi connectivity index (χ0v) is 24.6. The molecule has 5 N–H and O–H groups in total. The number of aliphatic hydroxyl groups is 1. The van der Waals surface area contributed by atoms with Gasteiger partial charge < -0.3 is 35.6 Å². The van der Waals surface area contributed by atoms with E-state index < -0.39 is 89.8 Å². The summed E-state index contributed by atoms with van der Waals surface area (Å²) >= 11 is 0. The van der Waals surface area contributed by atoms with Crippen molar-refractivity contribution in [3.8, 4) is 11.5 Å². The molecule has 0 aliphatic heterocycles. The molecule has 0 aliphatic carbocycles. The highest BCUT2D eigenvalue weighted by molar-refractivity contribution is 6.40. The molecule has 0 radical (unpaired) electrons. The van der Waals surface area contributed by atoms with Gasteiger partial charge in [-0.3, -0.25) is 19.2 Å². The summed E-state index contributed by atoms with van der Waals surface area (Å²) in [6, 6.07) is 12.4. The van der Waals surface area contributed by atoms with E-state index in [1.165, 1.54) is 26.0 Å². The van der Waals surface area contributed by atoms with Crippen LogP contribution in [-0.2, 0) is 25.8 Å². The normalized spacial score (nSPS) is 12.9. The highest BCUT2D eigenvalue weighted by Gasteiger charge is 2.32. The van der Waals surface area contributed by atoms with Crippen LogP contribution in [-0.4, -0.2) is 58.7 Å². The lowest BCUT2D eigenvalue weighted by Crippen LogP contribution is -2.56. The van der Waals surface area contributed by atoms with Crippen molar-refractivity contribution in [2.75, 3.05) is 11.9 Å². The third-order valence-electron chi connectivity index (χ3n) is 6.46. The number of aliphatic hydroxyl groups excluding tert-OH is 1. The summed E-state index contributed by atoms with van der Waals surface area (Å²) in [7, 11) is 0. The molecule has 15 heteroatoms. The molecular weight excluding hydrogens is 618 g/mol. The Morgan fingerprint density at radius 3 is 2.00 bits per heavy atom. The van der Waals surface area contributed by atoms with Crippen LogP contribution >= 0.6 is 0 Å². The number of aliphatic carboxylic acids is 1. The maximum atomic E-state index is 13.9. The molecule has 46 heavy (non-hydrogen) atoms. The maximum Gasteiger partial charge on any atom is 0.313 e. The average molecular weight is 650 g/mol. The minimum Gasteiger partial charge on any atom is -0.489 e. The number of rotatable bonds is 14. The highest BCUT2D eigenvalue weighted by Crippen LogP contribution is 2.27. The van der Waals surface area contributed by atoms with Gasteiger partial charge in [-0.2, -0.15) is 8.78 Å². The van der Waals surface area contributed by atoms with Gasteiger partial charge in [-0.25, -0.2) is 8.78 Å². The first kappa shape index (κ1) is 35.3. The first-order valence-electron chi connectivity index (χ1n) is 13.8. The largest absolute Gasteiger partial charge is 0.489 e. The number of carbonyl (C=O) groups excluding carboxylic acids is 3. The molecule has 3 atom stereocenters. The third kappa shape index (κ3) is 9.92. The zero-order valence-electron chi connectivity index (χ0n) is 24.6. The number of nitrogens with one attached hydrogen (secondary N) is 3. The fourth-order valence-corrected chi connectivity index (χ4v) is 4.01. The minimum absolute atomic E-state index is 0.0547. The second kappa shape index (κ2) is 16.2. The fourth-order valence-electron chi connectivity index (χ4n) is 4.01. The van der Waals surface area contributed by atoms with Crippen molar-refractivity contribution in [3.63, 3.8) is 0 Å². The van der Waals surface area contributed by atoms with E-state index in [2.05, 4.69) is 20.7 Å². The van der Waals surface area contributed by atoms with E-state index in [-0.39, 0.29) is 11.8 Å². The molecule has 0 saturated heterocycles. The number of hydrogen-bond donors (Lipinski definition) is 5. The molecular formula is C31H31F4N3O8. The lowest BCUT2D eigenvalue weighted by atomic mass is 10.0. The molecule has 3 aromatic carbocycles. The van der Waals surface area contributed by atoms with Crippen molar-refractivity contribution in [1.82, 2.24) is 10.6 Å². The molecule has 3 unspecified atom stereocenters. The fraction of sp³-hybridized carbons (Fsp3) is 0.290. The van der Waals surface area contributed by atoms with Gasteiger partial charge in [0.05, 0.1) is 12.5 Å². The summed E-state index contributed by atoms with van der Waals surface area (Å²) in [5, 5.41) is 26.5. The van der Waals surface area contributed by atoms with E-state index >= 15 is 0 Å². The first-order chi connectivity index (χ1) is 21.8. The van der Waals surface area contributed by atoms with E-state index in [0.29, 0.717) is 12.4 Å². The number of anilines is 1. The van der Waals surface area contributed by atoms with Crippen LogP contribution in [0.4, 0.5) is 23.2 Å². The average Bonchev–Trinajstić information content (AvgIpc) is 3.01. The Balaban J connectivity index is 1.60. The Hall–Kier alpha value is -5.18. The summed E-state index contributed by atoms with van der Waals surface area (Å²) in [6.07, 6.45) is -2.89. The van der Waals surface area contributed by atoms with Gasteiger partial charge >= 0.3 is 17.8 Å². The zero-order chi connectivity index (χ0) is 34.0. The Morgan fingerprint density at radius 1 is 0.826 bits per heavy atom. The summed E-state index contributed by atoms with van der Waals surface area (Å²) < 4.78 is 65.1. The molecule has 0 aromatic heterocycles. The van der Waals surface area contributed by atoms with Crippen LogP contribution in [0.3, 0.4) is 0 Å². The summed E-state index contributed by atoms with van der Waals surface area (Å²) in [5.41, 5.74) is 1.19. The number of hydrogen-bond acceptors (Lipinski definition) is 7. The Kier molecular flexibility index (Phi) is 12.4. The van der Waals surface area contributed by atoms with Gasteiger partial charge in [0.1, 0.15) is 31.1 Å². The number of halogens is 4. The quantitative estimate of drug-likeness (QED) is 0.101. The van der Waals surface area contributed by atoms with Crippen LogP contribution in [0, 0.1) is 29.2 Å². The third-order valence-corrected chi connectivity index (χ3v) is 6.46. The molecule has 3 amide bonds. The summed E-state index contributed by atoms with van der Waals surface area (Å²) in [6.45, 7) is 2.24. The molecule has 11 nitrogen and oxygen atoms in total. The smallest absolute Gasteiger partial charge is 0.313 e. The molecule has 0 bridgehead atoms. The van der Waals surface area contributed by atoms with Crippen molar-refractivity contribution in [2.45, 2.75) is 45.1 Å². The summed E-state index contributed by atoms with van der Waals surface area (Å²) in [4.78, 5) is 49.6. The monoisotopic (exact) mass is 649 g/mol. The van der Waals surface area contributed by atoms with Gasteiger partial charge in [-0.1, -0.05) is 44.2 Å². The Bertz CT molecular complexity index is 1510. The molecule has 3 aromatic rings. The van der Waals surface area contributed by atoms with Crippen LogP contribution in [0.25, 0.3) is 0 Å². The van der Waals surface area contributed by atoms with Crippen LogP contribution in [0.2, 0.25) is 0 Å². The number of benzene rings is 3. The number of carbonyl (C=O) groups is 4. The topological polar surface area (TPSA) is 163 Å². The molecule has 3 rings (SSSR count). The molecule has 0 heterocycles. The van der Waals surface area contributed by atoms with Crippen LogP contribution in [0.1, 0.15) is 25.8 Å². The molecule has 246 valence electrons. The van der Waals surface area contributed by atoms with Gasteiger partial charge in [-0.05, 0) is 35.7 Å². The van der Waals surface area contributed by atoms with Crippen molar-refractivity contribution in [1.29, 1.82) is 0 Å². The number of carboxylic acids is 1. The van der Waals surface area contributed by atoms with Gasteiger partial charge in [-0.15, -0.1) is 0 Å². The van der Waals surface area contributed by atoms with E-state index in [1.54, 1.807) is 12.1 Å². The van der Waals surface area contributed by atoms with Gasteiger partial charge in [0.2, 0.25) is 17.5 Å². The van der Waals surface area contributed by atoms with Crippen molar-refractivity contribution in [2.24, 2.45) is 5.92 Å². The standard InChI is InChI=1S/C31H31F4N3O8/c1-16(2)27(38-31(44)30(43)36-18-8-10-19(11-9-18)45-14-17-6-4-3-5-7-17)29(42)37-22(13-24(40)41)23(39)15-46-28-25(34)20(32)12-21(33)26(28)35/h3-12,16,22-23,27,39H,13-15H2,1-2H3,(H,36,43)(H,37,42)(H,38,44)(H,40,41). The van der Waals surface area contributed by atoms with Crippen LogP contribution in [0.15, 0.2) is 60.7 Å². The predicted octanol–water partition coefficient (Wildman–Crippen LogP) is 3.30. The number of carboxylic acid groups (broad SMARTS) is 1. The number of ether oxygens (including phenoxy) is 2. The van der Waals surface area contributed by atoms with Crippen LogP contribution < -0.4 is 25.4 Å². The van der Waals surface area contributed by atoms with Crippen molar-refractivity contribution < 1.29 is 56.4 Å². The van der Waals surface area contributed by atoms with Crippen molar-refractivity contribution in [3.05, 3.63) is 89.5 Å². The lowest BCUT2D eigenvalue weighted by molar-refractivity contribution is -0.140. The molecule has 0 saturated carbocycles. The lowest BCUT2D eigenvalue weighted by Gasteiger charge is -2.27. The number of amides is 3. The van der Waals surface area contributed by atoms with Crippen molar-refractivity contribution >= 4 is 29.4 Å². The minimum atomic E-state index is -1.96. The second-order valence-corrected chi connectivity index (χ2v) is 10.3. The SMILES string of the molecule is CC(C)C(NC(=O)C(=O)Nc1ccc(OCc2ccccc2)cc1)C(=O)NC(CC(=O)O)C(O)COc1c(F)c(F)cc(F)c1F. The summed E-state index contributed by atoms with van der Waals surface area (Å²) in [5.74, 6) is -13.9. The van der Waals surface area contributed by atoms with E-state index in [0.717, 1.165) is 5.56 Å². The second-order valence-electron chi connectivity index (χ2n) is 10.3. The molecule has 0 aliphatic rings. The highest BCUT2D eigenvalue weighted by atomic mass is 19.2. The van der Waals surface area contributed by atoms with E-state index in [1.807, 2.05) is 30.3 Å². The van der Waals surface area contributed by atoms with Gasteiger partial charge in [0.15, 0.2) is 17.4 Å². The Morgan fingerprint density at radius 2 is 1.43 bits per heavy atom. The van der Waals surface area contributed by atoms with Crippen LogP contribution in [0.5, 0.6) is 11.5 Å². The molecule has 0 fully saturated rings. The van der Waals surface area contributed by atoms with Gasteiger partial charge in [0, 0.05) is 11.8 Å². The first-order valence-corrected chi connectivity index (χ1v) is 13.8. The van der Waals surface area contributed by atoms with E-state index in [9.17, 15) is 47.0 Å².